The molecule has 1 fully saturated rings. The zero-order chi connectivity index (χ0) is 15.6. The Kier molecular flexibility index (Phi) is 5.20. The fourth-order valence-electron chi connectivity index (χ4n) is 3.07. The average molecular weight is 331 g/mol. The number of halogens is 1. The third-order valence-electron chi connectivity index (χ3n) is 4.30. The van der Waals surface area contributed by atoms with Gasteiger partial charge in [-0.3, -0.25) is 0 Å². The van der Waals surface area contributed by atoms with E-state index in [9.17, 15) is 8.42 Å². The maximum absolute atomic E-state index is 11.8. The van der Waals surface area contributed by atoms with Crippen molar-refractivity contribution in [1.82, 2.24) is 0 Å². The Morgan fingerprint density at radius 2 is 1.81 bits per heavy atom. The molecule has 1 aromatic carbocycles. The topological polar surface area (TPSA) is 43.4 Å². The molecule has 1 aliphatic rings. The summed E-state index contributed by atoms with van der Waals surface area (Å²) in [5, 5.41) is 0. The van der Waals surface area contributed by atoms with Crippen molar-refractivity contribution in [2.24, 2.45) is 5.92 Å². The van der Waals surface area contributed by atoms with Crippen molar-refractivity contribution in [3.05, 3.63) is 23.3 Å². The monoisotopic (exact) mass is 330 g/mol. The van der Waals surface area contributed by atoms with Gasteiger partial charge in [-0.2, -0.15) is 0 Å². The summed E-state index contributed by atoms with van der Waals surface area (Å²) in [5.41, 5.74) is 1.70. The van der Waals surface area contributed by atoms with Crippen LogP contribution >= 0.6 is 10.7 Å². The number of benzene rings is 1. The Balaban J connectivity index is 2.24. The second-order valence-electron chi connectivity index (χ2n) is 6.02. The van der Waals surface area contributed by atoms with Gasteiger partial charge in [0.05, 0.1) is 6.10 Å². The van der Waals surface area contributed by atoms with E-state index in [1.54, 1.807) is 6.07 Å². The van der Waals surface area contributed by atoms with Crippen LogP contribution in [0.4, 0.5) is 0 Å². The van der Waals surface area contributed by atoms with Gasteiger partial charge in [-0.25, -0.2) is 8.42 Å². The molecule has 0 bridgehead atoms. The predicted octanol–water partition coefficient (Wildman–Crippen LogP) is 4.58. The highest BCUT2D eigenvalue weighted by Gasteiger charge is 2.25. The number of hydrogen-bond donors (Lipinski definition) is 0. The second kappa shape index (κ2) is 6.57. The van der Waals surface area contributed by atoms with Gasteiger partial charge in [0.15, 0.2) is 0 Å². The lowest BCUT2D eigenvalue weighted by Gasteiger charge is -2.29. The summed E-state index contributed by atoms with van der Waals surface area (Å²) in [4.78, 5) is 0.0966. The predicted molar refractivity (Wildman–Crippen MR) is 85.6 cm³/mol. The minimum atomic E-state index is -3.80. The molecule has 0 unspecified atom stereocenters. The molecule has 0 saturated heterocycles. The first-order valence-corrected chi connectivity index (χ1v) is 9.84. The lowest BCUT2D eigenvalue weighted by Crippen LogP contribution is -2.24. The summed E-state index contributed by atoms with van der Waals surface area (Å²) in [6.45, 7) is 5.94. The standard InChI is InChI=1S/C16H23ClO3S/c1-4-13-5-7-14(8-6-13)20-16-12(3)9-11(2)10-15(16)21(17,18)19/h9-10,13-14H,4-8H2,1-3H3. The maximum atomic E-state index is 11.8. The van der Waals surface area contributed by atoms with Crippen LogP contribution < -0.4 is 4.74 Å². The SMILES string of the molecule is CCC1CCC(Oc2c(C)cc(C)cc2S(=O)(=O)Cl)CC1. The van der Waals surface area contributed by atoms with Crippen molar-refractivity contribution in [1.29, 1.82) is 0 Å². The fourth-order valence-corrected chi connectivity index (χ4v) is 4.17. The Labute approximate surface area is 132 Å². The second-order valence-corrected chi connectivity index (χ2v) is 8.55. The largest absolute Gasteiger partial charge is 0.489 e. The first kappa shape index (κ1) is 16.6. The van der Waals surface area contributed by atoms with Crippen molar-refractivity contribution in [2.45, 2.75) is 63.9 Å². The summed E-state index contributed by atoms with van der Waals surface area (Å²) < 4.78 is 29.6. The van der Waals surface area contributed by atoms with E-state index < -0.39 is 9.05 Å². The van der Waals surface area contributed by atoms with E-state index in [1.165, 1.54) is 6.42 Å². The third-order valence-corrected chi connectivity index (χ3v) is 5.63. The van der Waals surface area contributed by atoms with Crippen LogP contribution in [0.25, 0.3) is 0 Å². The van der Waals surface area contributed by atoms with Crippen LogP contribution in [-0.4, -0.2) is 14.5 Å². The van der Waals surface area contributed by atoms with E-state index in [1.807, 2.05) is 19.9 Å². The molecule has 0 spiro atoms. The van der Waals surface area contributed by atoms with E-state index >= 15 is 0 Å². The normalized spacial score (nSPS) is 23.0. The molecule has 3 nitrogen and oxygen atoms in total. The van der Waals surface area contributed by atoms with Gasteiger partial charge in [0, 0.05) is 10.7 Å². The highest BCUT2D eigenvalue weighted by atomic mass is 35.7. The van der Waals surface area contributed by atoms with Crippen molar-refractivity contribution in [2.75, 3.05) is 0 Å². The molecule has 0 aliphatic heterocycles. The van der Waals surface area contributed by atoms with Crippen LogP contribution in [0.1, 0.15) is 50.2 Å². The molecule has 21 heavy (non-hydrogen) atoms. The minimum absolute atomic E-state index is 0.0892. The lowest BCUT2D eigenvalue weighted by atomic mass is 9.86. The molecular weight excluding hydrogens is 308 g/mol. The molecular formula is C16H23ClO3S. The average Bonchev–Trinajstić information content (AvgIpc) is 2.41. The molecule has 0 amide bonds. The van der Waals surface area contributed by atoms with Crippen molar-refractivity contribution < 1.29 is 13.2 Å². The molecule has 118 valence electrons. The van der Waals surface area contributed by atoms with Crippen LogP contribution in [-0.2, 0) is 9.05 Å². The Hall–Kier alpha value is -0.740. The zero-order valence-electron chi connectivity index (χ0n) is 12.9. The quantitative estimate of drug-likeness (QED) is 0.759. The van der Waals surface area contributed by atoms with Crippen LogP contribution in [0.15, 0.2) is 17.0 Å². The smallest absolute Gasteiger partial charge is 0.265 e. The van der Waals surface area contributed by atoms with Gasteiger partial charge in [-0.1, -0.05) is 19.4 Å². The molecule has 0 atom stereocenters. The van der Waals surface area contributed by atoms with Gasteiger partial charge in [0.25, 0.3) is 9.05 Å². The number of hydrogen-bond acceptors (Lipinski definition) is 3. The van der Waals surface area contributed by atoms with Crippen LogP contribution in [0.5, 0.6) is 5.75 Å². The van der Waals surface area contributed by atoms with Crippen molar-refractivity contribution in [3.63, 3.8) is 0 Å². The maximum Gasteiger partial charge on any atom is 0.265 e. The molecule has 0 heterocycles. The van der Waals surface area contributed by atoms with E-state index in [4.69, 9.17) is 15.4 Å². The number of ether oxygens (including phenoxy) is 1. The van der Waals surface area contributed by atoms with Crippen molar-refractivity contribution in [3.8, 4) is 5.75 Å². The first-order chi connectivity index (χ1) is 9.81. The number of aryl methyl sites for hydroxylation is 2. The lowest BCUT2D eigenvalue weighted by molar-refractivity contribution is 0.126. The van der Waals surface area contributed by atoms with Gasteiger partial charge in [0.2, 0.25) is 0 Å². The van der Waals surface area contributed by atoms with Gasteiger partial charge < -0.3 is 4.74 Å². The Morgan fingerprint density at radius 3 is 2.33 bits per heavy atom. The minimum Gasteiger partial charge on any atom is -0.489 e. The summed E-state index contributed by atoms with van der Waals surface area (Å²) in [5.74, 6) is 1.20. The summed E-state index contributed by atoms with van der Waals surface area (Å²) in [6.07, 6.45) is 5.55. The molecule has 1 aliphatic carbocycles. The summed E-state index contributed by atoms with van der Waals surface area (Å²) >= 11 is 0. The highest BCUT2D eigenvalue weighted by Crippen LogP contribution is 2.35. The zero-order valence-corrected chi connectivity index (χ0v) is 14.4. The van der Waals surface area contributed by atoms with Gasteiger partial charge in [0.1, 0.15) is 10.6 Å². The van der Waals surface area contributed by atoms with Crippen molar-refractivity contribution >= 4 is 19.7 Å². The summed E-state index contributed by atoms with van der Waals surface area (Å²) in [7, 11) is 1.77. The van der Waals surface area contributed by atoms with E-state index in [2.05, 4.69) is 6.92 Å². The molecule has 0 aromatic heterocycles. The summed E-state index contributed by atoms with van der Waals surface area (Å²) in [6, 6.07) is 3.51. The van der Waals surface area contributed by atoms with E-state index in [-0.39, 0.29) is 11.0 Å². The molecule has 1 aromatic rings. The third kappa shape index (κ3) is 4.13. The highest BCUT2D eigenvalue weighted by molar-refractivity contribution is 8.13. The Morgan fingerprint density at radius 1 is 1.19 bits per heavy atom. The van der Waals surface area contributed by atoms with Gasteiger partial charge >= 0.3 is 0 Å². The Bertz CT molecular complexity index is 602. The molecule has 0 radical (unpaired) electrons. The van der Waals surface area contributed by atoms with Crippen LogP contribution in [0, 0.1) is 19.8 Å². The first-order valence-electron chi connectivity index (χ1n) is 7.53. The van der Waals surface area contributed by atoms with E-state index in [0.717, 1.165) is 42.7 Å². The van der Waals surface area contributed by atoms with Crippen LogP contribution in [0.3, 0.4) is 0 Å². The number of rotatable bonds is 4. The fraction of sp³-hybridized carbons (Fsp3) is 0.625. The molecule has 5 heteroatoms. The van der Waals surface area contributed by atoms with E-state index in [0.29, 0.717) is 5.75 Å². The molecule has 1 saturated carbocycles. The van der Waals surface area contributed by atoms with Gasteiger partial charge in [-0.15, -0.1) is 0 Å². The van der Waals surface area contributed by atoms with Crippen LogP contribution in [0.2, 0.25) is 0 Å². The molecule has 0 N–H and O–H groups in total. The van der Waals surface area contributed by atoms with Gasteiger partial charge in [-0.05, 0) is 62.6 Å². The molecule has 2 rings (SSSR count).